The highest BCUT2D eigenvalue weighted by Gasteiger charge is 2.25. The lowest BCUT2D eigenvalue weighted by molar-refractivity contribution is 0.0603. The van der Waals surface area contributed by atoms with Crippen molar-refractivity contribution in [3.8, 4) is 11.1 Å². The number of carbonyl (C=O) groups is 2. The van der Waals surface area contributed by atoms with E-state index in [1.165, 1.54) is 13.2 Å². The van der Waals surface area contributed by atoms with Gasteiger partial charge in [0.15, 0.2) is 5.58 Å². The van der Waals surface area contributed by atoms with Gasteiger partial charge in [0.05, 0.1) is 12.0 Å². The van der Waals surface area contributed by atoms with Gasteiger partial charge in [-0.1, -0.05) is 30.3 Å². The summed E-state index contributed by atoms with van der Waals surface area (Å²) in [6.45, 7) is 0. The van der Waals surface area contributed by atoms with Gasteiger partial charge in [-0.15, -0.1) is 0 Å². The van der Waals surface area contributed by atoms with Crippen molar-refractivity contribution < 1.29 is 27.2 Å². The third-order valence-corrected chi connectivity index (χ3v) is 5.60. The van der Waals surface area contributed by atoms with E-state index in [0.717, 1.165) is 0 Å². The quantitative estimate of drug-likeness (QED) is 0.473. The number of primary sulfonamides is 1. The zero-order valence-electron chi connectivity index (χ0n) is 15.7. The molecule has 0 radical (unpaired) electrons. The minimum absolute atomic E-state index is 0.00517. The fraction of sp³-hybridized carbons (Fsp3) is 0.0476. The lowest BCUT2D eigenvalue weighted by atomic mass is 10.0. The van der Waals surface area contributed by atoms with Crippen LogP contribution >= 0.6 is 0 Å². The molecule has 4 aromatic rings. The zero-order chi connectivity index (χ0) is 21.5. The molecule has 0 atom stereocenters. The molecule has 30 heavy (non-hydrogen) atoms. The first-order valence-electron chi connectivity index (χ1n) is 8.76. The maximum atomic E-state index is 12.7. The molecular weight excluding hydrogens is 408 g/mol. The Morgan fingerprint density at radius 3 is 2.30 bits per heavy atom. The lowest BCUT2D eigenvalue weighted by Crippen LogP contribution is -2.15. The summed E-state index contributed by atoms with van der Waals surface area (Å²) in [5.74, 6) is -1.08. The Labute approximate surface area is 171 Å². The fourth-order valence-corrected chi connectivity index (χ4v) is 3.98. The minimum Gasteiger partial charge on any atom is -0.465 e. The van der Waals surface area contributed by atoms with Crippen LogP contribution in [0.3, 0.4) is 0 Å². The van der Waals surface area contributed by atoms with Crippen LogP contribution in [0.1, 0.15) is 20.7 Å². The van der Waals surface area contributed by atoms with Gasteiger partial charge in [0.1, 0.15) is 16.8 Å². The molecule has 0 aliphatic carbocycles. The first kappa shape index (κ1) is 19.6. The number of nitrogens with one attached hydrogen (secondary N) is 1. The van der Waals surface area contributed by atoms with Gasteiger partial charge in [0.2, 0.25) is 10.0 Å². The second-order valence-electron chi connectivity index (χ2n) is 6.48. The number of anilines is 1. The normalized spacial score (nSPS) is 11.5. The standard InChI is InChI=1S/C21H16N2O6S/c1-28-21(25)18-15-10-11-16(29-15)19(18)23-20(24)13-8-6-12(7-9-13)14-4-2-3-5-17(14)30(22,26)27/h2-11H,1H3,(H,23,24)(H2,22,26,27). The Hall–Kier alpha value is -3.69. The van der Waals surface area contributed by atoms with Crippen LogP contribution in [-0.4, -0.2) is 27.4 Å². The molecule has 0 saturated carbocycles. The van der Waals surface area contributed by atoms with Gasteiger partial charge in [-0.2, -0.15) is 0 Å². The van der Waals surface area contributed by atoms with Crippen molar-refractivity contribution in [3.63, 3.8) is 0 Å². The number of esters is 1. The number of rotatable bonds is 5. The van der Waals surface area contributed by atoms with E-state index in [4.69, 9.17) is 14.3 Å². The molecule has 2 heterocycles. The van der Waals surface area contributed by atoms with Crippen molar-refractivity contribution in [3.05, 3.63) is 71.8 Å². The molecule has 3 N–H and O–H groups in total. The van der Waals surface area contributed by atoms with E-state index in [1.54, 1.807) is 54.6 Å². The third kappa shape index (κ3) is 3.40. The number of benzene rings is 3. The predicted octanol–water partition coefficient (Wildman–Crippen LogP) is 3.22. The molecule has 2 aromatic heterocycles. The molecule has 0 aliphatic rings. The largest absolute Gasteiger partial charge is 0.465 e. The summed E-state index contributed by atoms with van der Waals surface area (Å²) in [5.41, 5.74) is 2.40. The number of amides is 1. The first-order chi connectivity index (χ1) is 14.3. The average Bonchev–Trinajstić information content (AvgIpc) is 3.34. The van der Waals surface area contributed by atoms with E-state index >= 15 is 0 Å². The van der Waals surface area contributed by atoms with Gasteiger partial charge in [0.25, 0.3) is 5.91 Å². The van der Waals surface area contributed by atoms with E-state index in [9.17, 15) is 18.0 Å². The van der Waals surface area contributed by atoms with Crippen molar-refractivity contribution in [2.24, 2.45) is 5.14 Å². The van der Waals surface area contributed by atoms with Crippen LogP contribution in [-0.2, 0) is 14.8 Å². The van der Waals surface area contributed by atoms with Gasteiger partial charge >= 0.3 is 5.97 Å². The maximum Gasteiger partial charge on any atom is 0.343 e. The van der Waals surface area contributed by atoms with Crippen LogP contribution in [0.25, 0.3) is 22.3 Å². The van der Waals surface area contributed by atoms with Crippen LogP contribution in [0, 0.1) is 0 Å². The highest BCUT2D eigenvalue weighted by Crippen LogP contribution is 2.34. The average molecular weight is 424 g/mol. The first-order valence-corrected chi connectivity index (χ1v) is 10.3. The molecule has 0 unspecified atom stereocenters. The molecule has 4 rings (SSSR count). The summed E-state index contributed by atoms with van der Waals surface area (Å²) in [7, 11) is -2.66. The fourth-order valence-electron chi connectivity index (χ4n) is 3.22. The number of furan rings is 2. The van der Waals surface area contributed by atoms with Crippen molar-refractivity contribution in [1.29, 1.82) is 0 Å². The van der Waals surface area contributed by atoms with E-state index in [0.29, 0.717) is 27.9 Å². The zero-order valence-corrected chi connectivity index (χ0v) is 16.5. The number of methoxy groups -OCH3 is 1. The monoisotopic (exact) mass is 424 g/mol. The van der Waals surface area contributed by atoms with Crippen molar-refractivity contribution in [1.82, 2.24) is 0 Å². The summed E-state index contributed by atoms with van der Waals surface area (Å²) >= 11 is 0. The topological polar surface area (TPSA) is 129 Å². The summed E-state index contributed by atoms with van der Waals surface area (Å²) < 4.78 is 33.8. The SMILES string of the molecule is COC(=O)c1c(NC(=O)c2ccc(-c3ccccc3S(N)(=O)=O)cc2)c2ccc1o2. The maximum absolute atomic E-state index is 12.7. The van der Waals surface area contributed by atoms with Crippen LogP contribution in [0.4, 0.5) is 5.69 Å². The Bertz CT molecular complexity index is 1360. The second kappa shape index (κ2) is 7.29. The van der Waals surface area contributed by atoms with Gasteiger partial charge in [0, 0.05) is 11.1 Å². The number of carbonyl (C=O) groups excluding carboxylic acids is 2. The van der Waals surface area contributed by atoms with Crippen LogP contribution in [0.2, 0.25) is 0 Å². The predicted molar refractivity (Wildman–Crippen MR) is 110 cm³/mol. The Balaban J connectivity index is 1.63. The highest BCUT2D eigenvalue weighted by atomic mass is 32.2. The Morgan fingerprint density at radius 2 is 1.63 bits per heavy atom. The molecule has 8 nitrogen and oxygen atoms in total. The van der Waals surface area contributed by atoms with Gasteiger partial charge < -0.3 is 14.5 Å². The number of hydrogen-bond donors (Lipinski definition) is 2. The number of nitrogens with two attached hydrogens (primary N) is 1. The van der Waals surface area contributed by atoms with E-state index < -0.39 is 21.9 Å². The number of sulfonamides is 1. The van der Waals surface area contributed by atoms with E-state index in [-0.39, 0.29) is 16.1 Å². The summed E-state index contributed by atoms with van der Waals surface area (Å²) in [6.07, 6.45) is 0. The molecule has 0 saturated heterocycles. The molecule has 2 bridgehead atoms. The molecule has 152 valence electrons. The van der Waals surface area contributed by atoms with Crippen molar-refractivity contribution in [2.75, 3.05) is 12.4 Å². The lowest BCUT2D eigenvalue weighted by Gasteiger charge is -2.10. The summed E-state index contributed by atoms with van der Waals surface area (Å²) in [5, 5.41) is 7.96. The number of hydrogen-bond acceptors (Lipinski definition) is 6. The van der Waals surface area contributed by atoms with Crippen LogP contribution in [0.5, 0.6) is 0 Å². The molecular formula is C21H16N2O6S. The summed E-state index contributed by atoms with van der Waals surface area (Å²) in [4.78, 5) is 24.7. The van der Waals surface area contributed by atoms with Gasteiger partial charge in [-0.3, -0.25) is 4.79 Å². The van der Waals surface area contributed by atoms with E-state index in [1.807, 2.05) is 0 Å². The van der Waals surface area contributed by atoms with Gasteiger partial charge in [-0.25, -0.2) is 18.4 Å². The Kier molecular flexibility index (Phi) is 4.76. The molecule has 2 aromatic carbocycles. The third-order valence-electron chi connectivity index (χ3n) is 4.63. The second-order valence-corrected chi connectivity index (χ2v) is 8.01. The van der Waals surface area contributed by atoms with Crippen LogP contribution < -0.4 is 10.5 Å². The smallest absolute Gasteiger partial charge is 0.343 e. The van der Waals surface area contributed by atoms with Gasteiger partial charge in [-0.05, 0) is 35.9 Å². The number of ether oxygens (including phenoxy) is 1. The molecule has 0 spiro atoms. The van der Waals surface area contributed by atoms with Crippen LogP contribution in [0.15, 0.2) is 70.0 Å². The van der Waals surface area contributed by atoms with Crippen molar-refractivity contribution in [2.45, 2.75) is 4.90 Å². The highest BCUT2D eigenvalue weighted by molar-refractivity contribution is 7.89. The molecule has 0 fully saturated rings. The molecule has 0 aliphatic heterocycles. The number of fused-ring (bicyclic) bond motifs is 2. The van der Waals surface area contributed by atoms with E-state index in [2.05, 4.69) is 5.32 Å². The summed E-state index contributed by atoms with van der Waals surface area (Å²) in [6, 6.07) is 15.9. The minimum atomic E-state index is -3.90. The molecule has 1 amide bonds. The van der Waals surface area contributed by atoms with Crippen molar-refractivity contribution >= 4 is 38.8 Å². The molecule has 9 heteroatoms. The Morgan fingerprint density at radius 1 is 0.967 bits per heavy atom.